The molecular formula is C19H28N2. The average Bonchev–Trinajstić information content (AvgIpc) is 2.54. The molecule has 0 aliphatic heterocycles. The van der Waals surface area contributed by atoms with Crippen molar-refractivity contribution < 1.29 is 0 Å². The van der Waals surface area contributed by atoms with Gasteiger partial charge in [0.1, 0.15) is 0 Å². The Morgan fingerprint density at radius 3 is 2.57 bits per heavy atom. The van der Waals surface area contributed by atoms with Gasteiger partial charge in [0, 0.05) is 17.3 Å². The Hall–Kier alpha value is -1.57. The molecule has 1 saturated carbocycles. The third kappa shape index (κ3) is 3.96. The average molecular weight is 284 g/mol. The Bertz CT molecular complexity index is 510. The minimum Gasteiger partial charge on any atom is -0.382 e. The van der Waals surface area contributed by atoms with Crippen LogP contribution in [0.25, 0.3) is 0 Å². The van der Waals surface area contributed by atoms with Gasteiger partial charge in [0.05, 0.1) is 5.71 Å². The molecule has 0 heterocycles. The summed E-state index contributed by atoms with van der Waals surface area (Å²) in [6, 6.07) is 7.05. The first-order valence-electron chi connectivity index (χ1n) is 8.32. The molecule has 0 bridgehead atoms. The SMILES string of the molecule is C=C(CC)C(=N)c1cc(CC)ccc1NC1CCCCC1. The van der Waals surface area contributed by atoms with Gasteiger partial charge in [0.25, 0.3) is 0 Å². The lowest BCUT2D eigenvalue weighted by molar-refractivity contribution is 0.462. The predicted molar refractivity (Wildman–Crippen MR) is 92.6 cm³/mol. The van der Waals surface area contributed by atoms with Crippen molar-refractivity contribution in [3.63, 3.8) is 0 Å². The molecule has 0 amide bonds. The van der Waals surface area contributed by atoms with E-state index in [1.54, 1.807) is 0 Å². The lowest BCUT2D eigenvalue weighted by atomic mass is 9.93. The molecule has 2 N–H and O–H groups in total. The van der Waals surface area contributed by atoms with Crippen LogP contribution in [0.15, 0.2) is 30.4 Å². The fourth-order valence-corrected chi connectivity index (χ4v) is 2.98. The second-order valence-electron chi connectivity index (χ2n) is 6.04. The van der Waals surface area contributed by atoms with Gasteiger partial charge in [-0.15, -0.1) is 0 Å². The maximum atomic E-state index is 8.43. The summed E-state index contributed by atoms with van der Waals surface area (Å²) in [5.41, 5.74) is 4.92. The highest BCUT2D eigenvalue weighted by Crippen LogP contribution is 2.26. The molecule has 2 rings (SSSR count). The molecule has 1 aromatic rings. The van der Waals surface area contributed by atoms with Crippen molar-refractivity contribution in [2.45, 2.75) is 64.8 Å². The fourth-order valence-electron chi connectivity index (χ4n) is 2.98. The molecule has 0 atom stereocenters. The number of benzene rings is 1. The second-order valence-corrected chi connectivity index (χ2v) is 6.04. The summed E-state index contributed by atoms with van der Waals surface area (Å²) in [5.74, 6) is 0. The van der Waals surface area contributed by atoms with Crippen LogP contribution in [0.2, 0.25) is 0 Å². The van der Waals surface area contributed by atoms with Crippen LogP contribution in [0.1, 0.15) is 63.5 Å². The maximum Gasteiger partial charge on any atom is 0.0659 e. The second kappa shape index (κ2) is 7.44. The Morgan fingerprint density at radius 2 is 1.95 bits per heavy atom. The van der Waals surface area contributed by atoms with Crippen molar-refractivity contribution in [3.05, 3.63) is 41.5 Å². The van der Waals surface area contributed by atoms with Crippen LogP contribution in [0.5, 0.6) is 0 Å². The van der Waals surface area contributed by atoms with Crippen molar-refractivity contribution >= 4 is 11.4 Å². The quantitative estimate of drug-likeness (QED) is 0.681. The van der Waals surface area contributed by atoms with Crippen molar-refractivity contribution in [2.24, 2.45) is 0 Å². The third-order valence-corrected chi connectivity index (χ3v) is 4.51. The first kappa shape index (κ1) is 15.8. The summed E-state index contributed by atoms with van der Waals surface area (Å²) in [4.78, 5) is 0. The van der Waals surface area contributed by atoms with Gasteiger partial charge in [-0.1, -0.05) is 45.8 Å². The number of nitrogens with one attached hydrogen (secondary N) is 2. The molecular weight excluding hydrogens is 256 g/mol. The van der Waals surface area contributed by atoms with Crippen LogP contribution < -0.4 is 5.32 Å². The van der Waals surface area contributed by atoms with Gasteiger partial charge in [-0.25, -0.2) is 0 Å². The predicted octanol–water partition coefficient (Wildman–Crippen LogP) is 5.33. The van der Waals surface area contributed by atoms with Crippen LogP contribution in [0.4, 0.5) is 5.69 Å². The molecule has 2 heteroatoms. The molecule has 1 fully saturated rings. The van der Waals surface area contributed by atoms with Crippen LogP contribution in [0.3, 0.4) is 0 Å². The molecule has 0 aromatic heterocycles. The minimum atomic E-state index is 0.563. The van der Waals surface area contributed by atoms with Crippen molar-refractivity contribution in [1.82, 2.24) is 0 Å². The summed E-state index contributed by atoms with van der Waals surface area (Å²) in [6.45, 7) is 8.26. The number of hydrogen-bond acceptors (Lipinski definition) is 2. The molecule has 2 nitrogen and oxygen atoms in total. The van der Waals surface area contributed by atoms with E-state index in [4.69, 9.17) is 5.41 Å². The van der Waals surface area contributed by atoms with Crippen LogP contribution in [0, 0.1) is 5.41 Å². The zero-order valence-electron chi connectivity index (χ0n) is 13.5. The van der Waals surface area contributed by atoms with Crippen molar-refractivity contribution in [1.29, 1.82) is 5.41 Å². The van der Waals surface area contributed by atoms with Gasteiger partial charge >= 0.3 is 0 Å². The number of hydrogen-bond donors (Lipinski definition) is 2. The zero-order chi connectivity index (χ0) is 15.2. The first-order valence-corrected chi connectivity index (χ1v) is 8.32. The molecule has 0 radical (unpaired) electrons. The van der Waals surface area contributed by atoms with Gasteiger partial charge in [-0.2, -0.15) is 0 Å². The Labute approximate surface area is 129 Å². The van der Waals surface area contributed by atoms with Crippen molar-refractivity contribution in [2.75, 3.05) is 5.32 Å². The lowest BCUT2D eigenvalue weighted by Gasteiger charge is -2.25. The summed E-state index contributed by atoms with van der Waals surface area (Å²) in [5, 5.41) is 12.1. The highest BCUT2D eigenvalue weighted by Gasteiger charge is 2.16. The van der Waals surface area contributed by atoms with Gasteiger partial charge in [-0.05, 0) is 49.0 Å². The van der Waals surface area contributed by atoms with E-state index in [-0.39, 0.29) is 0 Å². The smallest absolute Gasteiger partial charge is 0.0659 e. The highest BCUT2D eigenvalue weighted by molar-refractivity contribution is 6.13. The molecule has 0 spiro atoms. The van der Waals surface area contributed by atoms with E-state index in [1.807, 2.05) is 0 Å². The summed E-state index contributed by atoms with van der Waals surface area (Å²) in [7, 11) is 0. The summed E-state index contributed by atoms with van der Waals surface area (Å²) < 4.78 is 0. The highest BCUT2D eigenvalue weighted by atomic mass is 14.9. The third-order valence-electron chi connectivity index (χ3n) is 4.51. The standard InChI is InChI=1S/C19H28N2/c1-4-14(3)19(20)17-13-15(5-2)11-12-18(17)21-16-9-7-6-8-10-16/h11-13,16,20-21H,3-10H2,1-2H3. The van der Waals surface area contributed by atoms with E-state index in [1.165, 1.54) is 37.7 Å². The number of aryl methyl sites for hydroxylation is 1. The van der Waals surface area contributed by atoms with Crippen LogP contribution >= 0.6 is 0 Å². The van der Waals surface area contributed by atoms with Gasteiger partial charge in [0.15, 0.2) is 0 Å². The fraction of sp³-hybridized carbons (Fsp3) is 0.526. The zero-order valence-corrected chi connectivity index (χ0v) is 13.5. The van der Waals surface area contributed by atoms with Gasteiger partial charge in [0.2, 0.25) is 0 Å². The van der Waals surface area contributed by atoms with Crippen LogP contribution in [-0.4, -0.2) is 11.8 Å². The molecule has 1 aromatic carbocycles. The van der Waals surface area contributed by atoms with E-state index in [0.717, 1.165) is 29.7 Å². The van der Waals surface area contributed by atoms with Crippen molar-refractivity contribution in [3.8, 4) is 0 Å². The minimum absolute atomic E-state index is 0.563. The van der Waals surface area contributed by atoms with E-state index >= 15 is 0 Å². The number of anilines is 1. The maximum absolute atomic E-state index is 8.43. The normalized spacial score (nSPS) is 15.7. The van der Waals surface area contributed by atoms with Gasteiger partial charge < -0.3 is 5.32 Å². The molecule has 0 unspecified atom stereocenters. The molecule has 114 valence electrons. The molecule has 21 heavy (non-hydrogen) atoms. The summed E-state index contributed by atoms with van der Waals surface area (Å²) >= 11 is 0. The Morgan fingerprint density at radius 1 is 1.24 bits per heavy atom. The Balaban J connectivity index is 2.26. The number of rotatable bonds is 6. The molecule has 1 aliphatic rings. The van der Waals surface area contributed by atoms with Gasteiger partial charge in [-0.3, -0.25) is 5.41 Å². The van der Waals surface area contributed by atoms with E-state index < -0.39 is 0 Å². The monoisotopic (exact) mass is 284 g/mol. The largest absolute Gasteiger partial charge is 0.382 e. The van der Waals surface area contributed by atoms with E-state index in [2.05, 4.69) is 43.9 Å². The topological polar surface area (TPSA) is 35.9 Å². The summed E-state index contributed by atoms with van der Waals surface area (Å²) in [6.07, 6.45) is 8.33. The van der Waals surface area contributed by atoms with E-state index in [9.17, 15) is 0 Å². The lowest BCUT2D eigenvalue weighted by Crippen LogP contribution is -2.23. The van der Waals surface area contributed by atoms with Crippen LogP contribution in [-0.2, 0) is 6.42 Å². The Kier molecular flexibility index (Phi) is 5.60. The molecule has 0 saturated heterocycles. The molecule has 1 aliphatic carbocycles. The number of allylic oxidation sites excluding steroid dienone is 1. The van der Waals surface area contributed by atoms with E-state index in [0.29, 0.717) is 11.8 Å². The first-order chi connectivity index (χ1) is 10.2.